The quantitative estimate of drug-likeness (QED) is 0.357. The molecule has 2 N–H and O–H groups in total. The Kier molecular flexibility index (Phi) is 6.07. The molecule has 8 heteroatoms. The summed E-state index contributed by atoms with van der Waals surface area (Å²) < 4.78 is 41.7. The number of nitrogens with one attached hydrogen (secondary N) is 2. The van der Waals surface area contributed by atoms with E-state index in [0.29, 0.717) is 29.2 Å². The van der Waals surface area contributed by atoms with Gasteiger partial charge in [0.15, 0.2) is 0 Å². The lowest BCUT2D eigenvalue weighted by atomic mass is 9.72. The number of aromatic nitrogens is 2. The van der Waals surface area contributed by atoms with Crippen LogP contribution in [0.1, 0.15) is 67.5 Å². The number of benzene rings is 2. The summed E-state index contributed by atoms with van der Waals surface area (Å²) in [6.45, 7) is 9.16. The van der Waals surface area contributed by atoms with Gasteiger partial charge in [-0.25, -0.2) is 4.98 Å². The molecule has 3 aliphatic rings. The molecule has 0 radical (unpaired) electrons. The summed E-state index contributed by atoms with van der Waals surface area (Å²) in [6.07, 6.45) is 0.840. The molecule has 196 valence electrons. The monoisotopic (exact) mass is 528 g/mol. The Morgan fingerprint density at radius 3 is 2.62 bits per heavy atom. The second kappa shape index (κ2) is 9.05. The molecule has 4 nitrogen and oxygen atoms in total. The Bertz CT molecular complexity index is 1350. The number of alkyl halides is 3. The van der Waals surface area contributed by atoms with E-state index in [-0.39, 0.29) is 16.8 Å². The van der Waals surface area contributed by atoms with Crippen molar-refractivity contribution in [2.75, 3.05) is 25.0 Å². The Labute approximate surface area is 220 Å². The number of nitrogens with zero attached hydrogens (tertiary/aromatic N) is 2. The maximum Gasteiger partial charge on any atom is 0.418 e. The Morgan fingerprint density at radius 1 is 1.16 bits per heavy atom. The molecule has 1 aromatic heterocycles. The van der Waals surface area contributed by atoms with Crippen molar-refractivity contribution < 1.29 is 13.2 Å². The van der Waals surface area contributed by atoms with Crippen molar-refractivity contribution in [2.24, 2.45) is 5.92 Å². The van der Waals surface area contributed by atoms with Crippen LogP contribution in [0.15, 0.2) is 42.6 Å². The molecule has 6 rings (SSSR count). The van der Waals surface area contributed by atoms with Crippen molar-refractivity contribution in [3.05, 3.63) is 70.1 Å². The zero-order valence-corrected chi connectivity index (χ0v) is 21.8. The summed E-state index contributed by atoms with van der Waals surface area (Å²) >= 11 is 6.29. The molecule has 2 aliphatic heterocycles. The van der Waals surface area contributed by atoms with Crippen LogP contribution < -0.4 is 5.32 Å². The van der Waals surface area contributed by atoms with Crippen LogP contribution in [0.2, 0.25) is 5.02 Å². The summed E-state index contributed by atoms with van der Waals surface area (Å²) in [5.41, 5.74) is 3.91. The fourth-order valence-electron chi connectivity index (χ4n) is 6.58. The van der Waals surface area contributed by atoms with Crippen molar-refractivity contribution >= 4 is 28.3 Å². The highest BCUT2D eigenvalue weighted by atomic mass is 35.5. The third kappa shape index (κ3) is 4.44. The average Bonchev–Trinajstić information content (AvgIpc) is 3.36. The number of aryl methyl sites for hydroxylation is 1. The Balaban J connectivity index is 1.12. The van der Waals surface area contributed by atoms with Crippen LogP contribution >= 0.6 is 11.6 Å². The van der Waals surface area contributed by atoms with Gasteiger partial charge in [-0.15, -0.1) is 0 Å². The molecule has 1 saturated carbocycles. The first-order valence-electron chi connectivity index (χ1n) is 13.2. The number of hydrogen-bond acceptors (Lipinski definition) is 3. The van der Waals surface area contributed by atoms with E-state index >= 15 is 0 Å². The van der Waals surface area contributed by atoms with Gasteiger partial charge in [-0.2, -0.15) is 13.2 Å². The second-order valence-corrected chi connectivity index (χ2v) is 11.7. The van der Waals surface area contributed by atoms with E-state index in [9.17, 15) is 13.2 Å². The molecule has 1 aliphatic carbocycles. The van der Waals surface area contributed by atoms with E-state index in [1.165, 1.54) is 11.6 Å². The fraction of sp³-hybridized carbons (Fsp3) is 0.483. The highest BCUT2D eigenvalue weighted by Gasteiger charge is 2.44. The number of allylic oxidation sites excluding steroid dienone is 1. The lowest BCUT2D eigenvalue weighted by Gasteiger charge is -2.40. The number of halogens is 4. The van der Waals surface area contributed by atoms with Gasteiger partial charge in [0.2, 0.25) is 0 Å². The van der Waals surface area contributed by atoms with E-state index in [0.717, 1.165) is 68.1 Å². The molecule has 1 spiro atoms. The van der Waals surface area contributed by atoms with Crippen LogP contribution in [-0.2, 0) is 18.0 Å². The highest BCUT2D eigenvalue weighted by molar-refractivity contribution is 6.30. The largest absolute Gasteiger partial charge is 0.418 e. The fourth-order valence-corrected chi connectivity index (χ4v) is 6.75. The van der Waals surface area contributed by atoms with Crippen molar-refractivity contribution in [2.45, 2.75) is 63.0 Å². The molecule has 2 fully saturated rings. The van der Waals surface area contributed by atoms with Gasteiger partial charge in [0.1, 0.15) is 5.82 Å². The highest BCUT2D eigenvalue weighted by Crippen LogP contribution is 2.50. The molecule has 0 bridgehead atoms. The molecular formula is C29H32ClF3N4. The van der Waals surface area contributed by atoms with Crippen molar-refractivity contribution in [1.29, 1.82) is 0 Å². The molecule has 3 heterocycles. The molecule has 0 amide bonds. The molecule has 1 saturated heterocycles. The predicted molar refractivity (Wildman–Crippen MR) is 142 cm³/mol. The lowest BCUT2D eigenvalue weighted by molar-refractivity contribution is -0.136. The molecule has 3 aromatic rings. The van der Waals surface area contributed by atoms with Crippen molar-refractivity contribution in [1.82, 2.24) is 14.9 Å². The number of H-pyrrole nitrogens is 1. The summed E-state index contributed by atoms with van der Waals surface area (Å²) in [6, 6.07) is 9.12. The van der Waals surface area contributed by atoms with Gasteiger partial charge in [0, 0.05) is 27.7 Å². The van der Waals surface area contributed by atoms with E-state index in [4.69, 9.17) is 11.6 Å². The van der Waals surface area contributed by atoms with Gasteiger partial charge in [-0.1, -0.05) is 25.1 Å². The SMILES string of the molecule is C=C1Nc2ccc(Cl)cc2C12CCN(CCCc1cc(C(F)(F)F)c3[nH]c(C4CC(C)C4)nc3c1)CC2. The van der Waals surface area contributed by atoms with Crippen LogP contribution in [0.3, 0.4) is 0 Å². The minimum atomic E-state index is -4.41. The summed E-state index contributed by atoms with van der Waals surface area (Å²) in [5, 5.41) is 4.18. The van der Waals surface area contributed by atoms with Crippen molar-refractivity contribution in [3.63, 3.8) is 0 Å². The minimum absolute atomic E-state index is 0.0979. The summed E-state index contributed by atoms with van der Waals surface area (Å²) in [4.78, 5) is 10.0. The van der Waals surface area contributed by atoms with Crippen LogP contribution in [0.4, 0.5) is 18.9 Å². The van der Waals surface area contributed by atoms with Crippen LogP contribution in [0.25, 0.3) is 11.0 Å². The summed E-state index contributed by atoms with van der Waals surface area (Å²) in [5.74, 6) is 1.54. The number of fused-ring (bicyclic) bond motifs is 3. The first kappa shape index (κ1) is 24.8. The van der Waals surface area contributed by atoms with E-state index in [1.807, 2.05) is 18.2 Å². The number of rotatable bonds is 5. The molecule has 37 heavy (non-hydrogen) atoms. The third-order valence-corrected chi connectivity index (χ3v) is 8.98. The normalized spacial score (nSPS) is 23.3. The van der Waals surface area contributed by atoms with Crippen LogP contribution in [-0.4, -0.2) is 34.5 Å². The van der Waals surface area contributed by atoms with E-state index in [1.54, 1.807) is 0 Å². The lowest BCUT2D eigenvalue weighted by Crippen LogP contribution is -2.43. The Morgan fingerprint density at radius 2 is 1.92 bits per heavy atom. The zero-order valence-electron chi connectivity index (χ0n) is 21.0. The Hall–Kier alpha value is -2.51. The topological polar surface area (TPSA) is 44.0 Å². The van der Waals surface area contributed by atoms with E-state index in [2.05, 4.69) is 39.8 Å². The average molecular weight is 529 g/mol. The zero-order chi connectivity index (χ0) is 25.9. The minimum Gasteiger partial charge on any atom is -0.358 e. The van der Waals surface area contributed by atoms with Crippen LogP contribution in [0.5, 0.6) is 0 Å². The number of hydrogen-bond donors (Lipinski definition) is 2. The molecule has 0 atom stereocenters. The van der Waals surface area contributed by atoms with Crippen LogP contribution in [0, 0.1) is 5.92 Å². The van der Waals surface area contributed by atoms with Gasteiger partial charge in [-0.05, 0) is 106 Å². The first-order chi connectivity index (χ1) is 17.6. The van der Waals surface area contributed by atoms with E-state index < -0.39 is 11.7 Å². The maximum atomic E-state index is 13.9. The van der Waals surface area contributed by atoms with Crippen molar-refractivity contribution in [3.8, 4) is 0 Å². The van der Waals surface area contributed by atoms with Gasteiger partial charge >= 0.3 is 6.18 Å². The maximum absolute atomic E-state index is 13.9. The second-order valence-electron chi connectivity index (χ2n) is 11.3. The number of anilines is 1. The number of piperidine rings is 1. The molecular weight excluding hydrogens is 497 g/mol. The smallest absolute Gasteiger partial charge is 0.358 e. The standard InChI is InChI=1S/C29H32ClF3N4/c1-17-12-20(13-17)27-35-25-15-19(14-23(26(25)36-27)29(31,32)33)4-3-9-37-10-7-28(8-11-37)18(2)34-24-6-5-21(30)16-22(24)28/h5-6,14-17,20,34H,2-4,7-13H2,1H3,(H,35,36). The van der Waals surface area contributed by atoms with Gasteiger partial charge in [-0.3, -0.25) is 0 Å². The number of aromatic amines is 1. The molecule has 0 unspecified atom stereocenters. The third-order valence-electron chi connectivity index (χ3n) is 8.75. The summed E-state index contributed by atoms with van der Waals surface area (Å²) in [7, 11) is 0. The van der Waals surface area contributed by atoms with Gasteiger partial charge in [0.25, 0.3) is 0 Å². The number of likely N-dealkylation sites (tertiary alicyclic amines) is 1. The van der Waals surface area contributed by atoms with Gasteiger partial charge in [0.05, 0.1) is 16.6 Å². The molecule has 2 aromatic carbocycles. The number of imidazole rings is 1. The first-order valence-corrected chi connectivity index (χ1v) is 13.6. The predicted octanol–water partition coefficient (Wildman–Crippen LogP) is 7.65. The van der Waals surface area contributed by atoms with Gasteiger partial charge < -0.3 is 15.2 Å².